The van der Waals surface area contributed by atoms with E-state index in [1.54, 1.807) is 18.4 Å². The van der Waals surface area contributed by atoms with E-state index in [0.717, 1.165) is 11.3 Å². The molecule has 1 atom stereocenters. The number of hydrogen-bond acceptors (Lipinski definition) is 6. The molecule has 0 radical (unpaired) electrons. The second-order valence-corrected chi connectivity index (χ2v) is 8.48. The van der Waals surface area contributed by atoms with Crippen molar-refractivity contribution in [1.82, 2.24) is 4.98 Å². The number of nitrogens with one attached hydrogen (secondary N) is 2. The highest BCUT2D eigenvalue weighted by atomic mass is 32.2. The molecule has 7 nitrogen and oxygen atoms in total. The van der Waals surface area contributed by atoms with Gasteiger partial charge in [-0.2, -0.15) is 0 Å². The Labute approximate surface area is 171 Å². The van der Waals surface area contributed by atoms with Gasteiger partial charge in [0.15, 0.2) is 22.8 Å². The van der Waals surface area contributed by atoms with Crippen molar-refractivity contribution in [3.05, 3.63) is 65.9 Å². The summed E-state index contributed by atoms with van der Waals surface area (Å²) in [4.78, 5) is 16.4. The van der Waals surface area contributed by atoms with Gasteiger partial charge in [0.1, 0.15) is 0 Å². The minimum atomic E-state index is -3.78. The van der Waals surface area contributed by atoms with Gasteiger partial charge in [0, 0.05) is 17.3 Å². The Morgan fingerprint density at radius 1 is 1.21 bits per heavy atom. The number of carbonyl (C=O) groups is 1. The van der Waals surface area contributed by atoms with Gasteiger partial charge in [-0.3, -0.25) is 9.52 Å². The molecule has 0 aliphatic rings. The molecule has 1 unspecified atom stereocenters. The van der Waals surface area contributed by atoms with Crippen LogP contribution in [0.25, 0.3) is 0 Å². The molecule has 0 fully saturated rings. The summed E-state index contributed by atoms with van der Waals surface area (Å²) in [6, 6.07) is 11.5. The highest BCUT2D eigenvalue weighted by Crippen LogP contribution is 2.21. The predicted octanol–water partition coefficient (Wildman–Crippen LogP) is 3.88. The first-order chi connectivity index (χ1) is 13.9. The van der Waals surface area contributed by atoms with E-state index >= 15 is 0 Å². The summed E-state index contributed by atoms with van der Waals surface area (Å²) in [7, 11) is -3.78. The lowest BCUT2D eigenvalue weighted by atomic mass is 10.2. The van der Waals surface area contributed by atoms with Gasteiger partial charge in [-0.05, 0) is 42.8 Å². The number of rotatable bonds is 8. The molecule has 29 heavy (non-hydrogen) atoms. The maximum absolute atomic E-state index is 13.7. The zero-order valence-electron chi connectivity index (χ0n) is 15.3. The molecule has 0 aliphatic carbocycles. The number of anilines is 2. The van der Waals surface area contributed by atoms with E-state index in [9.17, 15) is 17.6 Å². The van der Waals surface area contributed by atoms with Crippen LogP contribution in [0.15, 0.2) is 65.0 Å². The zero-order chi connectivity index (χ0) is 20.9. The fraction of sp³-hybridized carbons (Fsp3) is 0.158. The predicted molar refractivity (Wildman–Crippen MR) is 109 cm³/mol. The van der Waals surface area contributed by atoms with Crippen LogP contribution < -0.4 is 14.8 Å². The van der Waals surface area contributed by atoms with E-state index in [2.05, 4.69) is 15.0 Å². The number of thiazole rings is 1. The Hall–Kier alpha value is -2.98. The number of ether oxygens (including phenoxy) is 1. The highest BCUT2D eigenvalue weighted by molar-refractivity contribution is 7.93. The summed E-state index contributed by atoms with van der Waals surface area (Å²) in [6.07, 6.45) is 0.917. The van der Waals surface area contributed by atoms with Crippen LogP contribution in [-0.2, 0) is 14.8 Å². The van der Waals surface area contributed by atoms with Gasteiger partial charge in [0.05, 0.1) is 4.90 Å². The maximum Gasteiger partial charge on any atom is 0.265 e. The monoisotopic (exact) mass is 435 g/mol. The fourth-order valence-electron chi connectivity index (χ4n) is 2.40. The van der Waals surface area contributed by atoms with Crippen LogP contribution in [0.2, 0.25) is 0 Å². The summed E-state index contributed by atoms with van der Waals surface area (Å²) < 4.78 is 46.3. The first-order valence-corrected chi connectivity index (χ1v) is 11.0. The first kappa shape index (κ1) is 20.7. The van der Waals surface area contributed by atoms with Crippen molar-refractivity contribution >= 4 is 38.1 Å². The summed E-state index contributed by atoms with van der Waals surface area (Å²) in [5.41, 5.74) is 0.388. The Kier molecular flexibility index (Phi) is 6.45. The van der Waals surface area contributed by atoms with E-state index < -0.39 is 27.9 Å². The minimum absolute atomic E-state index is 0.01000. The molecule has 1 heterocycles. The molecule has 2 aromatic carbocycles. The van der Waals surface area contributed by atoms with E-state index in [-0.39, 0.29) is 15.8 Å². The van der Waals surface area contributed by atoms with Gasteiger partial charge < -0.3 is 10.1 Å². The van der Waals surface area contributed by atoms with Crippen molar-refractivity contribution < 1.29 is 22.3 Å². The summed E-state index contributed by atoms with van der Waals surface area (Å²) in [6.45, 7) is 1.74. The van der Waals surface area contributed by atoms with Crippen LogP contribution in [0.4, 0.5) is 15.2 Å². The number of carbonyl (C=O) groups excluding carboxylic acids is 1. The van der Waals surface area contributed by atoms with Crippen LogP contribution in [0.1, 0.15) is 13.3 Å². The number of sulfonamides is 1. The number of para-hydroxylation sites is 1. The molecule has 0 bridgehead atoms. The van der Waals surface area contributed by atoms with E-state index in [0.29, 0.717) is 12.1 Å². The number of halogens is 1. The molecule has 3 aromatic rings. The lowest BCUT2D eigenvalue weighted by Gasteiger charge is -2.17. The van der Waals surface area contributed by atoms with Gasteiger partial charge in [0.2, 0.25) is 0 Å². The molecule has 0 saturated carbocycles. The van der Waals surface area contributed by atoms with Crippen LogP contribution in [-0.4, -0.2) is 25.4 Å². The molecule has 10 heteroatoms. The van der Waals surface area contributed by atoms with Crippen molar-refractivity contribution in [2.75, 3.05) is 10.0 Å². The third-order valence-corrected chi connectivity index (χ3v) is 6.03. The van der Waals surface area contributed by atoms with E-state index in [1.165, 1.54) is 48.7 Å². The van der Waals surface area contributed by atoms with Gasteiger partial charge in [-0.25, -0.2) is 17.8 Å². The third-order valence-electron chi connectivity index (χ3n) is 3.86. The third kappa shape index (κ3) is 5.30. The minimum Gasteiger partial charge on any atom is -0.478 e. The van der Waals surface area contributed by atoms with Gasteiger partial charge in [-0.1, -0.05) is 19.1 Å². The molecule has 2 N–H and O–H groups in total. The number of amides is 1. The van der Waals surface area contributed by atoms with Gasteiger partial charge in [0.25, 0.3) is 15.9 Å². The lowest BCUT2D eigenvalue weighted by molar-refractivity contribution is -0.122. The zero-order valence-corrected chi connectivity index (χ0v) is 17.0. The Bertz CT molecular complexity index is 1070. The second-order valence-electron chi connectivity index (χ2n) is 5.90. The van der Waals surface area contributed by atoms with E-state index in [4.69, 9.17) is 4.74 Å². The fourth-order valence-corrected chi connectivity index (χ4v) is 4.19. The summed E-state index contributed by atoms with van der Waals surface area (Å²) in [5, 5.41) is 4.56. The van der Waals surface area contributed by atoms with Gasteiger partial charge >= 0.3 is 0 Å². The van der Waals surface area contributed by atoms with Crippen molar-refractivity contribution in [1.29, 1.82) is 0 Å². The van der Waals surface area contributed by atoms with Crippen molar-refractivity contribution in [2.45, 2.75) is 24.3 Å². The van der Waals surface area contributed by atoms with Crippen LogP contribution in [0, 0.1) is 5.82 Å². The van der Waals surface area contributed by atoms with Crippen molar-refractivity contribution in [3.63, 3.8) is 0 Å². The largest absolute Gasteiger partial charge is 0.478 e. The maximum atomic E-state index is 13.7. The summed E-state index contributed by atoms with van der Waals surface area (Å²) >= 11 is 1.16. The topological polar surface area (TPSA) is 97.4 Å². The Balaban J connectivity index is 1.66. The second kappa shape index (κ2) is 9.01. The highest BCUT2D eigenvalue weighted by Gasteiger charge is 2.21. The number of benzene rings is 2. The van der Waals surface area contributed by atoms with Crippen LogP contribution >= 0.6 is 11.3 Å². The SMILES string of the molecule is CCC(Oc1ccccc1F)C(=O)Nc1ccc(S(=O)(=O)Nc2nccs2)cc1. The standard InChI is InChI=1S/C19H18FN3O4S2/c1-2-16(27-17-6-4-3-5-15(17)20)18(24)22-13-7-9-14(10-8-13)29(25,26)23-19-21-11-12-28-19/h3-12,16H,2H2,1H3,(H,21,23)(H,22,24). The first-order valence-electron chi connectivity index (χ1n) is 8.63. The Morgan fingerprint density at radius 2 is 1.93 bits per heavy atom. The van der Waals surface area contributed by atoms with Gasteiger partial charge in [-0.15, -0.1) is 11.3 Å². The molecule has 152 valence electrons. The number of hydrogen-bond donors (Lipinski definition) is 2. The Morgan fingerprint density at radius 3 is 2.55 bits per heavy atom. The molecular formula is C19H18FN3O4S2. The lowest BCUT2D eigenvalue weighted by Crippen LogP contribution is -2.32. The molecule has 1 amide bonds. The average molecular weight is 436 g/mol. The quantitative estimate of drug-likeness (QED) is 0.560. The number of nitrogens with zero attached hydrogens (tertiary/aromatic N) is 1. The molecule has 0 saturated heterocycles. The molecule has 0 aliphatic heterocycles. The normalized spacial score (nSPS) is 12.2. The van der Waals surface area contributed by atoms with Crippen LogP contribution in [0.3, 0.4) is 0 Å². The summed E-state index contributed by atoms with van der Waals surface area (Å²) in [5.74, 6) is -1.03. The smallest absolute Gasteiger partial charge is 0.265 e. The molecule has 3 rings (SSSR count). The van der Waals surface area contributed by atoms with Crippen molar-refractivity contribution in [3.8, 4) is 5.75 Å². The molecule has 0 spiro atoms. The van der Waals surface area contributed by atoms with E-state index in [1.807, 2.05) is 0 Å². The molecule has 1 aromatic heterocycles. The average Bonchev–Trinajstić information content (AvgIpc) is 3.20. The number of aromatic nitrogens is 1. The van der Waals surface area contributed by atoms with Crippen LogP contribution in [0.5, 0.6) is 5.75 Å². The molecular weight excluding hydrogens is 417 g/mol. The van der Waals surface area contributed by atoms with Crippen molar-refractivity contribution in [2.24, 2.45) is 0 Å².